The predicted molar refractivity (Wildman–Crippen MR) is 37.4 cm³/mol. The second-order valence-corrected chi connectivity index (χ2v) is 3.49. The number of aromatic nitrogens is 1. The van der Waals surface area contributed by atoms with Crippen molar-refractivity contribution in [3.63, 3.8) is 0 Å². The molecule has 0 saturated carbocycles. The van der Waals surface area contributed by atoms with E-state index in [1.54, 1.807) is 25.4 Å². The quantitative estimate of drug-likeness (QED) is 0.472. The Morgan fingerprint density at radius 1 is 1.45 bits per heavy atom. The maximum absolute atomic E-state index is 10.6. The standard InChI is InChI=1S/C6H7NO3S/c1-7-5-3-2-4-6(7)11(8,9)10/h2-5H,1H3/p+1. The predicted octanol–water partition coefficient (Wildman–Crippen LogP) is -0.242. The summed E-state index contributed by atoms with van der Waals surface area (Å²) in [5.41, 5.74) is 0. The van der Waals surface area contributed by atoms with Gasteiger partial charge in [-0.3, -0.25) is 4.55 Å². The highest BCUT2D eigenvalue weighted by molar-refractivity contribution is 7.85. The van der Waals surface area contributed by atoms with Gasteiger partial charge < -0.3 is 0 Å². The van der Waals surface area contributed by atoms with E-state index in [0.29, 0.717) is 0 Å². The summed E-state index contributed by atoms with van der Waals surface area (Å²) in [7, 11) is -2.53. The molecular formula is C6H8NO3S+. The first-order chi connectivity index (χ1) is 5.02. The van der Waals surface area contributed by atoms with Gasteiger partial charge in [0.1, 0.15) is 7.05 Å². The molecule has 0 aliphatic heterocycles. The van der Waals surface area contributed by atoms with Crippen molar-refractivity contribution in [1.29, 1.82) is 0 Å². The molecule has 0 spiro atoms. The van der Waals surface area contributed by atoms with E-state index in [2.05, 4.69) is 0 Å². The molecule has 1 aromatic heterocycles. The van der Waals surface area contributed by atoms with Crippen LogP contribution in [-0.4, -0.2) is 13.0 Å². The third-order valence-corrected chi connectivity index (χ3v) is 2.22. The summed E-state index contributed by atoms with van der Waals surface area (Å²) < 4.78 is 31.1. The average Bonchev–Trinajstić information content (AvgIpc) is 1.86. The average molecular weight is 174 g/mol. The molecule has 0 atom stereocenters. The Labute approximate surface area is 64.9 Å². The summed E-state index contributed by atoms with van der Waals surface area (Å²) in [5, 5.41) is -0.111. The van der Waals surface area contributed by atoms with Crippen LogP contribution in [-0.2, 0) is 17.2 Å². The highest BCUT2D eigenvalue weighted by Crippen LogP contribution is 1.98. The highest BCUT2D eigenvalue weighted by atomic mass is 32.2. The number of rotatable bonds is 1. The Hall–Kier alpha value is -0.940. The molecule has 0 radical (unpaired) electrons. The van der Waals surface area contributed by atoms with Gasteiger partial charge in [0.05, 0.1) is 0 Å². The monoisotopic (exact) mass is 174 g/mol. The fourth-order valence-electron chi connectivity index (χ4n) is 0.776. The maximum atomic E-state index is 10.6. The van der Waals surface area contributed by atoms with E-state index < -0.39 is 10.1 Å². The molecule has 0 saturated heterocycles. The van der Waals surface area contributed by atoms with Gasteiger partial charge in [0.25, 0.3) is 0 Å². The highest BCUT2D eigenvalue weighted by Gasteiger charge is 2.19. The van der Waals surface area contributed by atoms with Gasteiger partial charge in [0.15, 0.2) is 6.20 Å². The van der Waals surface area contributed by atoms with Crippen molar-refractivity contribution in [2.45, 2.75) is 5.03 Å². The summed E-state index contributed by atoms with van der Waals surface area (Å²) >= 11 is 0. The Morgan fingerprint density at radius 2 is 2.09 bits per heavy atom. The molecule has 0 aliphatic rings. The lowest BCUT2D eigenvalue weighted by Gasteiger charge is -1.92. The normalized spacial score (nSPS) is 11.5. The third kappa shape index (κ3) is 1.75. The van der Waals surface area contributed by atoms with Gasteiger partial charge in [-0.2, -0.15) is 13.0 Å². The van der Waals surface area contributed by atoms with Crippen LogP contribution in [0.15, 0.2) is 29.4 Å². The van der Waals surface area contributed by atoms with Crippen molar-refractivity contribution < 1.29 is 17.5 Å². The fraction of sp³-hybridized carbons (Fsp3) is 0.167. The minimum atomic E-state index is -4.07. The third-order valence-electron chi connectivity index (χ3n) is 1.27. The van der Waals surface area contributed by atoms with Crippen LogP contribution < -0.4 is 4.57 Å². The van der Waals surface area contributed by atoms with E-state index in [-0.39, 0.29) is 5.03 Å². The molecule has 1 N–H and O–H groups in total. The minimum Gasteiger partial charge on any atom is -0.277 e. The van der Waals surface area contributed by atoms with Crippen LogP contribution in [0.5, 0.6) is 0 Å². The van der Waals surface area contributed by atoms with Gasteiger partial charge in [-0.25, -0.2) is 0 Å². The topological polar surface area (TPSA) is 58.2 Å². The van der Waals surface area contributed by atoms with Gasteiger partial charge in [-0.1, -0.05) is 0 Å². The largest absolute Gasteiger partial charge is 0.355 e. The van der Waals surface area contributed by atoms with Gasteiger partial charge in [0.2, 0.25) is 0 Å². The van der Waals surface area contributed by atoms with E-state index in [1.807, 2.05) is 0 Å². The SMILES string of the molecule is C[n+]1ccccc1S(=O)(=O)O. The van der Waals surface area contributed by atoms with Crippen LogP contribution in [0.3, 0.4) is 0 Å². The molecule has 60 valence electrons. The molecule has 1 rings (SSSR count). The minimum absolute atomic E-state index is 0.111. The summed E-state index contributed by atoms with van der Waals surface area (Å²) in [4.78, 5) is 0. The van der Waals surface area contributed by atoms with Crippen LogP contribution >= 0.6 is 0 Å². The summed E-state index contributed by atoms with van der Waals surface area (Å²) in [6, 6.07) is 4.55. The summed E-state index contributed by atoms with van der Waals surface area (Å²) in [6.45, 7) is 0. The zero-order valence-electron chi connectivity index (χ0n) is 5.93. The summed E-state index contributed by atoms with van der Waals surface area (Å²) in [5.74, 6) is 0. The molecule has 11 heavy (non-hydrogen) atoms. The van der Waals surface area contributed by atoms with Crippen molar-refractivity contribution in [2.75, 3.05) is 0 Å². The van der Waals surface area contributed by atoms with Gasteiger partial charge in [-0.15, -0.1) is 0 Å². The number of hydrogen-bond acceptors (Lipinski definition) is 2. The first kappa shape index (κ1) is 8.16. The molecular weight excluding hydrogens is 166 g/mol. The lowest BCUT2D eigenvalue weighted by atomic mass is 10.5. The maximum Gasteiger partial charge on any atom is 0.355 e. The number of hydrogen-bond donors (Lipinski definition) is 1. The number of pyridine rings is 1. The Morgan fingerprint density at radius 3 is 2.45 bits per heavy atom. The van der Waals surface area contributed by atoms with E-state index >= 15 is 0 Å². The van der Waals surface area contributed by atoms with E-state index in [0.717, 1.165) is 0 Å². The van der Waals surface area contributed by atoms with Crippen molar-refractivity contribution in [3.8, 4) is 0 Å². The Balaban J connectivity index is 3.37. The van der Waals surface area contributed by atoms with E-state index in [9.17, 15) is 8.42 Å². The molecule has 1 aromatic rings. The molecule has 0 amide bonds. The van der Waals surface area contributed by atoms with Crippen LogP contribution in [0.1, 0.15) is 0 Å². The van der Waals surface area contributed by atoms with Crippen molar-refractivity contribution in [1.82, 2.24) is 0 Å². The summed E-state index contributed by atoms with van der Waals surface area (Å²) in [6.07, 6.45) is 1.54. The smallest absolute Gasteiger partial charge is 0.277 e. The van der Waals surface area contributed by atoms with Crippen molar-refractivity contribution >= 4 is 10.1 Å². The number of aryl methyl sites for hydroxylation is 1. The first-order valence-electron chi connectivity index (χ1n) is 2.94. The molecule has 0 aliphatic carbocycles. The number of nitrogens with zero attached hydrogens (tertiary/aromatic N) is 1. The van der Waals surface area contributed by atoms with E-state index in [1.165, 1.54) is 10.6 Å². The molecule has 0 aromatic carbocycles. The van der Waals surface area contributed by atoms with Crippen molar-refractivity contribution in [2.24, 2.45) is 7.05 Å². The molecule has 0 fully saturated rings. The lowest BCUT2D eigenvalue weighted by molar-refractivity contribution is -0.710. The molecule has 0 unspecified atom stereocenters. The Kier molecular flexibility index (Phi) is 1.92. The lowest BCUT2D eigenvalue weighted by Crippen LogP contribution is -2.34. The zero-order chi connectivity index (χ0) is 8.48. The van der Waals surface area contributed by atoms with Crippen LogP contribution in [0.2, 0.25) is 0 Å². The zero-order valence-corrected chi connectivity index (χ0v) is 6.75. The second-order valence-electron chi connectivity index (χ2n) is 2.12. The van der Waals surface area contributed by atoms with Gasteiger partial charge in [-0.05, 0) is 6.07 Å². The van der Waals surface area contributed by atoms with Crippen molar-refractivity contribution in [3.05, 3.63) is 24.4 Å². The van der Waals surface area contributed by atoms with Gasteiger partial charge in [0, 0.05) is 12.1 Å². The first-order valence-corrected chi connectivity index (χ1v) is 4.38. The fourth-order valence-corrected chi connectivity index (χ4v) is 1.45. The van der Waals surface area contributed by atoms with Crippen LogP contribution in [0, 0.1) is 0 Å². The van der Waals surface area contributed by atoms with E-state index in [4.69, 9.17) is 4.55 Å². The van der Waals surface area contributed by atoms with Crippen LogP contribution in [0.25, 0.3) is 0 Å². The van der Waals surface area contributed by atoms with Gasteiger partial charge >= 0.3 is 15.1 Å². The second kappa shape index (κ2) is 2.60. The molecule has 5 heteroatoms. The molecule has 1 heterocycles. The Bertz CT molecular complexity index is 358. The molecule has 0 bridgehead atoms. The van der Waals surface area contributed by atoms with Crippen LogP contribution in [0.4, 0.5) is 0 Å². The molecule has 4 nitrogen and oxygen atoms in total.